The summed E-state index contributed by atoms with van der Waals surface area (Å²) in [4.78, 5) is 19.7. The van der Waals surface area contributed by atoms with Gasteiger partial charge in [0.25, 0.3) is 5.56 Å². The third-order valence-corrected chi connectivity index (χ3v) is 8.31. The fourth-order valence-electron chi connectivity index (χ4n) is 5.99. The van der Waals surface area contributed by atoms with Crippen molar-refractivity contribution in [1.82, 2.24) is 9.55 Å². The molecule has 1 saturated carbocycles. The van der Waals surface area contributed by atoms with Crippen molar-refractivity contribution in [2.24, 2.45) is 5.10 Å². The highest BCUT2D eigenvalue weighted by atomic mass is 79.9. The molecule has 0 aliphatic heterocycles. The van der Waals surface area contributed by atoms with Crippen LogP contribution in [0.5, 0.6) is 5.75 Å². The summed E-state index contributed by atoms with van der Waals surface area (Å²) in [6.07, 6.45) is 8.05. The second-order valence-corrected chi connectivity index (χ2v) is 11.0. The first kappa shape index (κ1) is 24.6. The molecule has 1 spiro atoms. The van der Waals surface area contributed by atoms with E-state index in [1.54, 1.807) is 17.9 Å². The summed E-state index contributed by atoms with van der Waals surface area (Å²) in [7, 11) is 1.63. The van der Waals surface area contributed by atoms with Gasteiger partial charge in [-0.25, -0.2) is 15.0 Å². The molecule has 0 atom stereocenters. The summed E-state index contributed by atoms with van der Waals surface area (Å²) in [6, 6.07) is 23.8. The van der Waals surface area contributed by atoms with E-state index >= 15 is 0 Å². The molecule has 2 aliphatic carbocycles. The van der Waals surface area contributed by atoms with E-state index in [9.17, 15) is 4.79 Å². The number of hydrogen-bond acceptors (Lipinski definition) is 5. The maximum absolute atomic E-state index is 14.6. The molecule has 0 amide bonds. The highest BCUT2D eigenvalue weighted by Crippen LogP contribution is 2.48. The van der Waals surface area contributed by atoms with Crippen LogP contribution in [0.1, 0.15) is 48.8 Å². The number of hydrogen-bond donors (Lipinski definition) is 1. The van der Waals surface area contributed by atoms with Gasteiger partial charge < -0.3 is 4.74 Å². The van der Waals surface area contributed by atoms with Gasteiger partial charge in [0.15, 0.2) is 0 Å². The van der Waals surface area contributed by atoms with Crippen molar-refractivity contribution in [2.45, 2.75) is 43.9 Å². The molecule has 0 saturated heterocycles. The molecule has 1 aromatic heterocycles. The predicted molar refractivity (Wildman–Crippen MR) is 156 cm³/mol. The summed E-state index contributed by atoms with van der Waals surface area (Å²) in [5, 5.41) is 4.48. The Kier molecular flexibility index (Phi) is 6.62. The van der Waals surface area contributed by atoms with Gasteiger partial charge in [0.1, 0.15) is 5.75 Å². The highest BCUT2D eigenvalue weighted by Gasteiger charge is 2.43. The number of nitrogens with one attached hydrogen (secondary N) is 1. The Morgan fingerprint density at radius 1 is 1.03 bits per heavy atom. The van der Waals surface area contributed by atoms with E-state index < -0.39 is 0 Å². The summed E-state index contributed by atoms with van der Waals surface area (Å²) in [5.41, 5.74) is 8.38. The monoisotopic (exact) mass is 568 g/mol. The topological polar surface area (TPSA) is 68.5 Å². The van der Waals surface area contributed by atoms with E-state index in [1.807, 2.05) is 54.6 Å². The Balaban J connectivity index is 1.56. The quantitative estimate of drug-likeness (QED) is 0.210. The number of aromatic nitrogens is 2. The molecule has 0 radical (unpaired) electrons. The van der Waals surface area contributed by atoms with Crippen LogP contribution in [0.2, 0.25) is 0 Å². The minimum atomic E-state index is -0.203. The van der Waals surface area contributed by atoms with Gasteiger partial charge in [0.2, 0.25) is 5.95 Å². The van der Waals surface area contributed by atoms with E-state index in [0.717, 1.165) is 59.0 Å². The van der Waals surface area contributed by atoms with Crippen molar-refractivity contribution in [1.29, 1.82) is 0 Å². The number of halogens is 1. The largest absolute Gasteiger partial charge is 0.497 e. The molecule has 6 nitrogen and oxygen atoms in total. The van der Waals surface area contributed by atoms with E-state index in [0.29, 0.717) is 17.4 Å². The zero-order valence-electron chi connectivity index (χ0n) is 21.3. The molecular formula is C31H29BrN4O2. The Labute approximate surface area is 230 Å². The van der Waals surface area contributed by atoms with Crippen molar-refractivity contribution in [3.05, 3.63) is 104 Å². The lowest BCUT2D eigenvalue weighted by molar-refractivity contribution is 0.284. The van der Waals surface area contributed by atoms with Gasteiger partial charge in [-0.15, -0.1) is 0 Å². The first-order valence-corrected chi connectivity index (χ1v) is 13.8. The third-order valence-electron chi connectivity index (χ3n) is 7.79. The number of methoxy groups -OCH3 is 1. The van der Waals surface area contributed by atoms with Crippen LogP contribution >= 0.6 is 15.9 Å². The number of hydrazone groups is 1. The lowest BCUT2D eigenvalue weighted by Gasteiger charge is -2.42. The average molecular weight is 570 g/mol. The molecule has 38 heavy (non-hydrogen) atoms. The van der Waals surface area contributed by atoms with Crippen LogP contribution < -0.4 is 15.7 Å². The van der Waals surface area contributed by atoms with Crippen LogP contribution in [0.15, 0.2) is 87.2 Å². The van der Waals surface area contributed by atoms with Crippen LogP contribution in [0.4, 0.5) is 5.95 Å². The molecular weight excluding hydrogens is 540 g/mol. The molecule has 0 bridgehead atoms. The van der Waals surface area contributed by atoms with Gasteiger partial charge in [-0.05, 0) is 54.7 Å². The molecule has 0 unspecified atom stereocenters. The van der Waals surface area contributed by atoms with Crippen molar-refractivity contribution >= 4 is 28.1 Å². The number of ether oxygens (including phenoxy) is 1. The van der Waals surface area contributed by atoms with E-state index in [-0.39, 0.29) is 11.0 Å². The Morgan fingerprint density at radius 2 is 1.82 bits per heavy atom. The van der Waals surface area contributed by atoms with Crippen molar-refractivity contribution in [2.75, 3.05) is 12.5 Å². The third kappa shape index (κ3) is 4.45. The number of fused-ring (bicyclic) bond motifs is 4. The van der Waals surface area contributed by atoms with Gasteiger partial charge >= 0.3 is 0 Å². The Morgan fingerprint density at radius 3 is 2.61 bits per heavy atom. The fraction of sp³-hybridized carbons (Fsp3) is 0.258. The first-order chi connectivity index (χ1) is 18.6. The highest BCUT2D eigenvalue weighted by molar-refractivity contribution is 9.10. The van der Waals surface area contributed by atoms with Gasteiger partial charge in [0, 0.05) is 21.5 Å². The van der Waals surface area contributed by atoms with Crippen LogP contribution in [0.25, 0.3) is 16.9 Å². The average Bonchev–Trinajstić information content (AvgIpc) is 2.94. The van der Waals surface area contributed by atoms with Crippen molar-refractivity contribution in [3.63, 3.8) is 0 Å². The van der Waals surface area contributed by atoms with E-state index in [1.165, 1.54) is 12.0 Å². The van der Waals surface area contributed by atoms with Gasteiger partial charge in [-0.2, -0.15) is 5.10 Å². The molecule has 2 aliphatic rings. The summed E-state index contributed by atoms with van der Waals surface area (Å²) in [5.74, 6) is 1.05. The molecule has 4 aromatic rings. The lowest BCUT2D eigenvalue weighted by Crippen LogP contribution is -2.42. The normalized spacial score (nSPS) is 15.7. The van der Waals surface area contributed by atoms with Crippen molar-refractivity contribution < 1.29 is 4.74 Å². The minimum Gasteiger partial charge on any atom is -0.497 e. The summed E-state index contributed by atoms with van der Waals surface area (Å²) in [6.45, 7) is 0. The number of rotatable bonds is 5. The molecule has 1 fully saturated rings. The summed E-state index contributed by atoms with van der Waals surface area (Å²) < 4.78 is 8.14. The molecule has 1 N–H and O–H groups in total. The van der Waals surface area contributed by atoms with Crippen LogP contribution in [0.3, 0.4) is 0 Å². The van der Waals surface area contributed by atoms with Gasteiger partial charge in [-0.3, -0.25) is 4.79 Å². The fourth-order valence-corrected chi connectivity index (χ4v) is 6.25. The second kappa shape index (κ2) is 10.2. The van der Waals surface area contributed by atoms with Crippen LogP contribution in [-0.2, 0) is 11.8 Å². The molecule has 192 valence electrons. The molecule has 7 heteroatoms. The van der Waals surface area contributed by atoms with E-state index in [4.69, 9.17) is 9.72 Å². The van der Waals surface area contributed by atoms with Crippen LogP contribution in [-0.4, -0.2) is 22.9 Å². The maximum atomic E-state index is 14.6. The summed E-state index contributed by atoms with van der Waals surface area (Å²) >= 11 is 3.47. The zero-order chi connectivity index (χ0) is 26.1. The number of nitrogens with zero attached hydrogens (tertiary/aromatic N) is 3. The zero-order valence-corrected chi connectivity index (χ0v) is 22.9. The second-order valence-electron chi connectivity index (χ2n) is 10.1. The molecule has 1 heterocycles. The Bertz CT molecular complexity index is 1570. The van der Waals surface area contributed by atoms with Gasteiger partial charge in [-0.1, -0.05) is 77.7 Å². The number of anilines is 1. The first-order valence-electron chi connectivity index (χ1n) is 13.0. The van der Waals surface area contributed by atoms with Crippen molar-refractivity contribution in [3.8, 4) is 22.7 Å². The van der Waals surface area contributed by atoms with Gasteiger partial charge in [0.05, 0.1) is 30.3 Å². The molecule has 3 aromatic carbocycles. The molecule has 6 rings (SSSR count). The lowest BCUT2D eigenvalue weighted by atomic mass is 9.62. The maximum Gasteiger partial charge on any atom is 0.263 e. The number of benzene rings is 3. The SMILES string of the molecule is COc1cccc(-n2c(NN=Cc3ccc(Br)cc3)nc3c(c2=O)C2(CCCCC2)Cc2ccccc2-3)c1. The van der Waals surface area contributed by atoms with E-state index in [2.05, 4.69) is 44.7 Å². The predicted octanol–water partition coefficient (Wildman–Crippen LogP) is 6.87. The Hall–Kier alpha value is -3.71. The standard InChI is InChI=1S/C31H29BrN4O2/c1-38-25-10-7-9-24(18-25)36-29(37)27-28(34-30(36)35-33-20-21-12-14-23(32)15-13-21)26-11-4-3-8-22(26)19-31(27)16-5-2-6-17-31/h3-4,7-15,18,20H,2,5-6,16-17,19H2,1H3,(H,34,35). The minimum absolute atomic E-state index is 0.0407. The van der Waals surface area contributed by atoms with Crippen LogP contribution in [0, 0.1) is 0 Å². The smallest absolute Gasteiger partial charge is 0.263 e.